The van der Waals surface area contributed by atoms with Crippen LogP contribution in [0, 0.1) is 5.41 Å². The van der Waals surface area contributed by atoms with Gasteiger partial charge in [-0.1, -0.05) is 12.2 Å². The molecule has 84 valence electrons. The third kappa shape index (κ3) is 2.67. The van der Waals surface area contributed by atoms with Crippen LogP contribution < -0.4 is 0 Å². The highest BCUT2D eigenvalue weighted by Gasteiger charge is 2.40. The Kier molecular flexibility index (Phi) is 4.06. The summed E-state index contributed by atoms with van der Waals surface area (Å²) >= 11 is 0. The van der Waals surface area contributed by atoms with Gasteiger partial charge in [0, 0.05) is 6.42 Å². The highest BCUT2D eigenvalue weighted by molar-refractivity contribution is 6.03. The molecule has 0 radical (unpaired) electrons. The number of ketones is 1. The number of rotatable bonds is 2. The SMILES string of the molecule is CCOC(=O)C1(C)CC=CCCCC1=O. The van der Waals surface area contributed by atoms with E-state index in [1.165, 1.54) is 0 Å². The van der Waals surface area contributed by atoms with Gasteiger partial charge in [-0.2, -0.15) is 0 Å². The van der Waals surface area contributed by atoms with E-state index in [-0.39, 0.29) is 11.8 Å². The van der Waals surface area contributed by atoms with Crippen LogP contribution in [-0.4, -0.2) is 18.4 Å². The third-order valence-corrected chi connectivity index (χ3v) is 2.81. The molecule has 1 atom stereocenters. The second-order valence-corrected chi connectivity index (χ2v) is 4.04. The van der Waals surface area contributed by atoms with Crippen molar-refractivity contribution < 1.29 is 14.3 Å². The first-order chi connectivity index (χ1) is 7.11. The van der Waals surface area contributed by atoms with E-state index in [4.69, 9.17) is 4.74 Å². The van der Waals surface area contributed by atoms with Crippen LogP contribution >= 0.6 is 0 Å². The molecule has 1 aliphatic rings. The molecule has 0 aliphatic heterocycles. The fourth-order valence-electron chi connectivity index (χ4n) is 1.69. The lowest BCUT2D eigenvalue weighted by Crippen LogP contribution is -2.38. The van der Waals surface area contributed by atoms with Gasteiger partial charge in [-0.15, -0.1) is 0 Å². The first-order valence-corrected chi connectivity index (χ1v) is 5.47. The standard InChI is InChI=1S/C12H18O3/c1-3-15-11(14)12(2)9-7-5-4-6-8-10(12)13/h5,7H,3-4,6,8-9H2,1-2H3. The Labute approximate surface area is 90.5 Å². The van der Waals surface area contributed by atoms with Crippen molar-refractivity contribution >= 4 is 11.8 Å². The van der Waals surface area contributed by atoms with Crippen LogP contribution in [0.25, 0.3) is 0 Å². The van der Waals surface area contributed by atoms with E-state index in [0.717, 1.165) is 12.8 Å². The summed E-state index contributed by atoms with van der Waals surface area (Å²) in [4.78, 5) is 23.6. The summed E-state index contributed by atoms with van der Waals surface area (Å²) in [6.45, 7) is 3.76. The van der Waals surface area contributed by atoms with Gasteiger partial charge in [0.25, 0.3) is 0 Å². The molecule has 0 spiro atoms. The summed E-state index contributed by atoms with van der Waals surface area (Å²) in [7, 11) is 0. The number of Topliss-reactive ketones (excluding diaryl/α,β-unsaturated/α-hetero) is 1. The van der Waals surface area contributed by atoms with Crippen molar-refractivity contribution in [3.63, 3.8) is 0 Å². The average Bonchev–Trinajstić information content (AvgIpc) is 2.20. The smallest absolute Gasteiger partial charge is 0.319 e. The summed E-state index contributed by atoms with van der Waals surface area (Å²) in [6, 6.07) is 0. The van der Waals surface area contributed by atoms with Gasteiger partial charge in [-0.05, 0) is 33.1 Å². The van der Waals surface area contributed by atoms with Crippen LogP contribution in [0.1, 0.15) is 39.5 Å². The van der Waals surface area contributed by atoms with Gasteiger partial charge in [0.1, 0.15) is 11.2 Å². The highest BCUT2D eigenvalue weighted by Crippen LogP contribution is 2.29. The van der Waals surface area contributed by atoms with E-state index in [0.29, 0.717) is 19.4 Å². The summed E-state index contributed by atoms with van der Waals surface area (Å²) in [5.74, 6) is -0.383. The van der Waals surface area contributed by atoms with Gasteiger partial charge >= 0.3 is 5.97 Å². The molecule has 0 aromatic rings. The number of hydrogen-bond acceptors (Lipinski definition) is 3. The fourth-order valence-corrected chi connectivity index (χ4v) is 1.69. The first-order valence-electron chi connectivity index (χ1n) is 5.47. The average molecular weight is 210 g/mol. The Hall–Kier alpha value is -1.12. The predicted octanol–water partition coefficient (Wildman–Crippen LogP) is 2.26. The van der Waals surface area contributed by atoms with Crippen molar-refractivity contribution in [3.05, 3.63) is 12.2 Å². The number of esters is 1. The molecule has 0 saturated heterocycles. The van der Waals surface area contributed by atoms with E-state index in [1.807, 2.05) is 12.2 Å². The highest BCUT2D eigenvalue weighted by atomic mass is 16.5. The minimum absolute atomic E-state index is 0.00491. The van der Waals surface area contributed by atoms with Crippen molar-refractivity contribution in [1.82, 2.24) is 0 Å². The third-order valence-electron chi connectivity index (χ3n) is 2.81. The lowest BCUT2D eigenvalue weighted by atomic mass is 9.79. The minimum atomic E-state index is -0.965. The molecule has 1 rings (SSSR count). The van der Waals surface area contributed by atoms with Gasteiger partial charge in [-0.25, -0.2) is 0 Å². The molecule has 0 heterocycles. The topological polar surface area (TPSA) is 43.4 Å². The molecule has 0 bridgehead atoms. The van der Waals surface area contributed by atoms with Crippen LogP contribution in [0.15, 0.2) is 12.2 Å². The molecule has 0 saturated carbocycles. The molecule has 3 heteroatoms. The van der Waals surface area contributed by atoms with E-state index < -0.39 is 5.41 Å². The second kappa shape index (κ2) is 5.10. The van der Waals surface area contributed by atoms with Crippen LogP contribution in [0.3, 0.4) is 0 Å². The summed E-state index contributed by atoms with van der Waals surface area (Å²) in [5.41, 5.74) is -0.965. The van der Waals surface area contributed by atoms with E-state index in [1.54, 1.807) is 13.8 Å². The molecule has 0 amide bonds. The Bertz CT molecular complexity index is 281. The van der Waals surface area contributed by atoms with E-state index in [2.05, 4.69) is 0 Å². The van der Waals surface area contributed by atoms with Gasteiger partial charge in [0.15, 0.2) is 0 Å². The molecule has 0 aromatic carbocycles. The van der Waals surface area contributed by atoms with Crippen LogP contribution in [-0.2, 0) is 14.3 Å². The van der Waals surface area contributed by atoms with Gasteiger partial charge < -0.3 is 4.74 Å². The molecule has 0 aromatic heterocycles. The van der Waals surface area contributed by atoms with Crippen LogP contribution in [0.2, 0.25) is 0 Å². The zero-order valence-corrected chi connectivity index (χ0v) is 9.41. The second-order valence-electron chi connectivity index (χ2n) is 4.04. The molecule has 3 nitrogen and oxygen atoms in total. The fraction of sp³-hybridized carbons (Fsp3) is 0.667. The Morgan fingerprint density at radius 1 is 1.53 bits per heavy atom. The van der Waals surface area contributed by atoms with Gasteiger partial charge in [-0.3, -0.25) is 9.59 Å². The van der Waals surface area contributed by atoms with Crippen molar-refractivity contribution in [2.24, 2.45) is 5.41 Å². The molecule has 1 unspecified atom stereocenters. The van der Waals surface area contributed by atoms with Crippen molar-refractivity contribution in [2.45, 2.75) is 39.5 Å². The number of carbonyl (C=O) groups is 2. The van der Waals surface area contributed by atoms with Crippen molar-refractivity contribution in [2.75, 3.05) is 6.61 Å². The molecule has 1 aliphatic carbocycles. The molecule has 0 N–H and O–H groups in total. The normalized spacial score (nSPS) is 26.9. The lowest BCUT2D eigenvalue weighted by molar-refractivity contribution is -0.159. The Morgan fingerprint density at radius 2 is 2.27 bits per heavy atom. The predicted molar refractivity (Wildman–Crippen MR) is 57.4 cm³/mol. The summed E-state index contributed by atoms with van der Waals surface area (Å²) < 4.78 is 4.96. The van der Waals surface area contributed by atoms with Gasteiger partial charge in [0.05, 0.1) is 6.61 Å². The van der Waals surface area contributed by atoms with Crippen molar-refractivity contribution in [1.29, 1.82) is 0 Å². The molecular formula is C12H18O3. The number of allylic oxidation sites excluding steroid dienone is 2. The molecular weight excluding hydrogens is 192 g/mol. The number of hydrogen-bond donors (Lipinski definition) is 0. The van der Waals surface area contributed by atoms with Crippen molar-refractivity contribution in [3.8, 4) is 0 Å². The maximum atomic E-state index is 11.9. The first kappa shape index (κ1) is 12.0. The quantitative estimate of drug-likeness (QED) is 0.399. The molecule has 15 heavy (non-hydrogen) atoms. The maximum absolute atomic E-state index is 11.9. The largest absolute Gasteiger partial charge is 0.465 e. The zero-order valence-electron chi connectivity index (χ0n) is 9.41. The van der Waals surface area contributed by atoms with Crippen LogP contribution in [0.4, 0.5) is 0 Å². The number of ether oxygens (including phenoxy) is 1. The Balaban J connectivity index is 2.84. The van der Waals surface area contributed by atoms with Crippen LogP contribution in [0.5, 0.6) is 0 Å². The lowest BCUT2D eigenvalue weighted by Gasteiger charge is -2.25. The summed E-state index contributed by atoms with van der Waals surface area (Å²) in [5, 5.41) is 0. The summed E-state index contributed by atoms with van der Waals surface area (Å²) in [6.07, 6.45) is 6.62. The minimum Gasteiger partial charge on any atom is -0.465 e. The zero-order chi connectivity index (χ0) is 11.3. The van der Waals surface area contributed by atoms with E-state index >= 15 is 0 Å². The number of carbonyl (C=O) groups excluding carboxylic acids is 2. The molecule has 0 fully saturated rings. The monoisotopic (exact) mass is 210 g/mol. The van der Waals surface area contributed by atoms with E-state index in [9.17, 15) is 9.59 Å². The maximum Gasteiger partial charge on any atom is 0.319 e. The Morgan fingerprint density at radius 3 is 2.93 bits per heavy atom. The van der Waals surface area contributed by atoms with Gasteiger partial charge in [0.2, 0.25) is 0 Å².